The van der Waals surface area contributed by atoms with Crippen molar-refractivity contribution < 1.29 is 13.2 Å². The van der Waals surface area contributed by atoms with E-state index in [1.807, 2.05) is 25.1 Å². The molecule has 4 rings (SSSR count). The molecular formula is C25H28F3N5. The monoisotopic (exact) mass is 455 g/mol. The summed E-state index contributed by atoms with van der Waals surface area (Å²) in [6.45, 7) is 3.14. The van der Waals surface area contributed by atoms with Crippen LogP contribution in [0, 0.1) is 18.8 Å². The van der Waals surface area contributed by atoms with Crippen LogP contribution in [0.25, 0.3) is 10.9 Å². The van der Waals surface area contributed by atoms with Gasteiger partial charge in [0.15, 0.2) is 0 Å². The summed E-state index contributed by atoms with van der Waals surface area (Å²) >= 11 is 0. The number of likely N-dealkylation sites (tertiary alicyclic amines) is 1. The van der Waals surface area contributed by atoms with Crippen LogP contribution in [0.1, 0.15) is 24.2 Å². The number of rotatable bonds is 5. The van der Waals surface area contributed by atoms with Gasteiger partial charge in [0.2, 0.25) is 0 Å². The van der Waals surface area contributed by atoms with E-state index in [-0.39, 0.29) is 0 Å². The van der Waals surface area contributed by atoms with Crippen LogP contribution >= 0.6 is 0 Å². The second-order valence-corrected chi connectivity index (χ2v) is 8.53. The van der Waals surface area contributed by atoms with Crippen LogP contribution in [0.2, 0.25) is 0 Å². The fourth-order valence-corrected chi connectivity index (χ4v) is 4.09. The van der Waals surface area contributed by atoms with Crippen molar-refractivity contribution in [2.75, 3.05) is 37.3 Å². The second-order valence-electron chi connectivity index (χ2n) is 8.53. The maximum absolute atomic E-state index is 13.4. The summed E-state index contributed by atoms with van der Waals surface area (Å²) in [4.78, 5) is 6.50. The molecule has 8 heteroatoms. The van der Waals surface area contributed by atoms with E-state index < -0.39 is 12.7 Å². The minimum Gasteiger partial charge on any atom is -0.382 e. The van der Waals surface area contributed by atoms with Gasteiger partial charge in [-0.1, -0.05) is 12.0 Å². The zero-order valence-corrected chi connectivity index (χ0v) is 18.8. The number of aryl methyl sites for hydroxylation is 1. The fraction of sp³-hybridized carbons (Fsp3) is 0.400. The number of nitrogens with zero attached hydrogens (tertiary/aromatic N) is 3. The highest BCUT2D eigenvalue weighted by atomic mass is 19.4. The lowest BCUT2D eigenvalue weighted by Crippen LogP contribution is -2.36. The standard InChI is InChI=1S/C25H28F3N5/c1-18-8-9-20(16-30-18)29-12-4-5-21-15-22-23(31-19-10-13-32(2)14-11-19)6-3-7-24(22)33(21)17-25(26,27)28/h3,6-9,15-16,19,29,31H,10-14,17H2,1-2H3. The van der Waals surface area contributed by atoms with E-state index in [9.17, 15) is 13.2 Å². The molecule has 1 saturated heterocycles. The summed E-state index contributed by atoms with van der Waals surface area (Å²) < 4.78 is 41.4. The Labute approximate surface area is 192 Å². The molecule has 2 aromatic heterocycles. The third kappa shape index (κ3) is 5.99. The van der Waals surface area contributed by atoms with E-state index in [0.717, 1.165) is 48.4 Å². The zero-order valence-electron chi connectivity index (χ0n) is 18.8. The molecule has 1 aliphatic rings. The van der Waals surface area contributed by atoms with Crippen LogP contribution in [0.4, 0.5) is 24.5 Å². The quantitative estimate of drug-likeness (QED) is 0.539. The van der Waals surface area contributed by atoms with Crippen molar-refractivity contribution in [3.63, 3.8) is 0 Å². The molecule has 0 amide bonds. The van der Waals surface area contributed by atoms with E-state index in [4.69, 9.17) is 0 Å². The number of halogens is 3. The normalized spacial score (nSPS) is 15.3. The first-order valence-corrected chi connectivity index (χ1v) is 11.1. The average Bonchev–Trinajstić information content (AvgIpc) is 3.11. The van der Waals surface area contributed by atoms with E-state index in [2.05, 4.69) is 39.4 Å². The summed E-state index contributed by atoms with van der Waals surface area (Å²) in [7, 11) is 2.10. The smallest absolute Gasteiger partial charge is 0.382 e. The molecule has 0 saturated carbocycles. The van der Waals surface area contributed by atoms with Gasteiger partial charge in [0.1, 0.15) is 6.54 Å². The molecule has 1 aromatic carbocycles. The molecule has 0 atom stereocenters. The second kappa shape index (κ2) is 9.75. The Hall–Kier alpha value is -3.18. The van der Waals surface area contributed by atoms with Crippen LogP contribution in [0.15, 0.2) is 42.6 Å². The highest BCUT2D eigenvalue weighted by Gasteiger charge is 2.30. The number of hydrogen-bond acceptors (Lipinski definition) is 4. The number of benzene rings is 1. The number of aromatic nitrogens is 2. The van der Waals surface area contributed by atoms with Gasteiger partial charge in [-0.15, -0.1) is 0 Å². The molecule has 2 N–H and O–H groups in total. The SMILES string of the molecule is Cc1ccc(NCC#Cc2cc3c(NC4CCN(C)CC4)cccc3n2CC(F)(F)F)cn1. The van der Waals surface area contributed by atoms with Gasteiger partial charge in [0.05, 0.1) is 29.6 Å². The first kappa shape index (κ1) is 23.0. The van der Waals surface area contributed by atoms with Crippen LogP contribution in [-0.4, -0.2) is 53.4 Å². The van der Waals surface area contributed by atoms with Gasteiger partial charge in [0.25, 0.3) is 0 Å². The molecule has 0 radical (unpaired) electrons. The molecule has 3 heterocycles. The van der Waals surface area contributed by atoms with Crippen molar-refractivity contribution in [2.24, 2.45) is 0 Å². The summed E-state index contributed by atoms with van der Waals surface area (Å²) in [6, 6.07) is 11.3. The van der Waals surface area contributed by atoms with Crippen LogP contribution in [0.5, 0.6) is 0 Å². The number of alkyl halides is 3. The Morgan fingerprint density at radius 2 is 1.94 bits per heavy atom. The lowest BCUT2D eigenvalue weighted by atomic mass is 10.0. The van der Waals surface area contributed by atoms with Gasteiger partial charge in [-0.05, 0) is 76.2 Å². The van der Waals surface area contributed by atoms with Gasteiger partial charge in [-0.25, -0.2) is 0 Å². The lowest BCUT2D eigenvalue weighted by Gasteiger charge is -2.30. The number of hydrogen-bond donors (Lipinski definition) is 2. The maximum atomic E-state index is 13.4. The number of fused-ring (bicyclic) bond motifs is 1. The summed E-state index contributed by atoms with van der Waals surface area (Å²) in [5.74, 6) is 5.89. The van der Waals surface area contributed by atoms with Crippen molar-refractivity contribution in [3.8, 4) is 11.8 Å². The lowest BCUT2D eigenvalue weighted by molar-refractivity contribution is -0.140. The third-order valence-electron chi connectivity index (χ3n) is 5.87. The van der Waals surface area contributed by atoms with Gasteiger partial charge in [-0.2, -0.15) is 13.2 Å². The molecular weight excluding hydrogens is 427 g/mol. The van der Waals surface area contributed by atoms with Crippen molar-refractivity contribution in [1.29, 1.82) is 0 Å². The van der Waals surface area contributed by atoms with E-state index in [1.54, 1.807) is 24.4 Å². The number of piperidine rings is 1. The third-order valence-corrected chi connectivity index (χ3v) is 5.87. The molecule has 0 bridgehead atoms. The highest BCUT2D eigenvalue weighted by Crippen LogP contribution is 2.31. The Balaban J connectivity index is 1.59. The minimum atomic E-state index is -4.34. The van der Waals surface area contributed by atoms with Crippen molar-refractivity contribution in [2.45, 2.75) is 38.5 Å². The molecule has 1 aliphatic heterocycles. The molecule has 0 aliphatic carbocycles. The van der Waals surface area contributed by atoms with E-state index in [1.165, 1.54) is 4.57 Å². The predicted octanol–water partition coefficient (Wildman–Crippen LogP) is 4.88. The molecule has 0 spiro atoms. The van der Waals surface area contributed by atoms with Crippen molar-refractivity contribution >= 4 is 22.3 Å². The van der Waals surface area contributed by atoms with Gasteiger partial charge in [-0.3, -0.25) is 4.98 Å². The van der Waals surface area contributed by atoms with Gasteiger partial charge >= 0.3 is 6.18 Å². The summed E-state index contributed by atoms with van der Waals surface area (Å²) in [5.41, 5.74) is 3.47. The molecule has 3 aromatic rings. The topological polar surface area (TPSA) is 45.1 Å². The van der Waals surface area contributed by atoms with Crippen molar-refractivity contribution in [3.05, 3.63) is 54.0 Å². The van der Waals surface area contributed by atoms with Gasteiger partial charge in [0, 0.05) is 22.8 Å². The predicted molar refractivity (Wildman–Crippen MR) is 126 cm³/mol. The molecule has 1 fully saturated rings. The maximum Gasteiger partial charge on any atom is 0.406 e. The van der Waals surface area contributed by atoms with Crippen LogP contribution < -0.4 is 10.6 Å². The number of pyridine rings is 1. The summed E-state index contributed by atoms with van der Waals surface area (Å²) in [6.07, 6.45) is -0.630. The van der Waals surface area contributed by atoms with Gasteiger partial charge < -0.3 is 20.1 Å². The fourth-order valence-electron chi connectivity index (χ4n) is 4.09. The van der Waals surface area contributed by atoms with E-state index in [0.29, 0.717) is 23.8 Å². The first-order chi connectivity index (χ1) is 15.8. The van der Waals surface area contributed by atoms with Crippen LogP contribution in [-0.2, 0) is 6.54 Å². The summed E-state index contributed by atoms with van der Waals surface area (Å²) in [5, 5.41) is 7.45. The molecule has 33 heavy (non-hydrogen) atoms. The molecule has 0 unspecified atom stereocenters. The van der Waals surface area contributed by atoms with Crippen molar-refractivity contribution in [1.82, 2.24) is 14.5 Å². The van der Waals surface area contributed by atoms with E-state index >= 15 is 0 Å². The minimum absolute atomic E-state index is 0.305. The van der Waals surface area contributed by atoms with Crippen LogP contribution in [0.3, 0.4) is 0 Å². The number of nitrogens with one attached hydrogen (secondary N) is 2. The Morgan fingerprint density at radius 1 is 1.15 bits per heavy atom. The Kier molecular flexibility index (Phi) is 6.80. The molecule has 5 nitrogen and oxygen atoms in total. The Morgan fingerprint density at radius 3 is 2.64 bits per heavy atom. The number of anilines is 2. The Bertz CT molecular complexity index is 1150. The average molecular weight is 456 g/mol. The largest absolute Gasteiger partial charge is 0.406 e. The zero-order chi connectivity index (χ0) is 23.4. The first-order valence-electron chi connectivity index (χ1n) is 11.1. The highest BCUT2D eigenvalue weighted by molar-refractivity contribution is 5.94. The molecule has 174 valence electrons.